The lowest BCUT2D eigenvalue weighted by atomic mass is 10.2. The third kappa shape index (κ3) is 9.03. The zero-order valence-corrected chi connectivity index (χ0v) is 30.4. The van der Waals surface area contributed by atoms with Gasteiger partial charge >= 0.3 is 5.97 Å². The number of hydrogen-bond donors (Lipinski definition) is 2. The average molecular weight is 770 g/mol. The lowest BCUT2D eigenvalue weighted by Gasteiger charge is -2.05. The number of carbonyl (C=O) groups excluding carboxylic acids is 1. The van der Waals surface area contributed by atoms with Crippen molar-refractivity contribution in [2.45, 2.75) is 13.2 Å². The summed E-state index contributed by atoms with van der Waals surface area (Å²) in [6.07, 6.45) is 9.27. The lowest BCUT2D eigenvalue weighted by Crippen LogP contribution is -2.18. The highest BCUT2D eigenvalue weighted by Crippen LogP contribution is 2.27. The first-order chi connectivity index (χ1) is 27.8. The second kappa shape index (κ2) is 17.0. The van der Waals surface area contributed by atoms with E-state index in [0.717, 1.165) is 11.4 Å². The van der Waals surface area contributed by atoms with Crippen molar-refractivity contribution in [1.82, 2.24) is 45.2 Å². The van der Waals surface area contributed by atoms with Crippen LogP contribution in [0.1, 0.15) is 32.4 Å². The van der Waals surface area contributed by atoms with Crippen LogP contribution in [0, 0.1) is 0 Å². The number of carbonyl (C=O) groups is 2. The molecule has 0 aliphatic heterocycles. The van der Waals surface area contributed by atoms with Gasteiger partial charge in [0.2, 0.25) is 23.2 Å². The predicted molar refractivity (Wildman–Crippen MR) is 201 cm³/mol. The number of amides is 1. The number of oxazole rings is 2. The van der Waals surface area contributed by atoms with Crippen LogP contribution in [0.15, 0.2) is 107 Å². The number of aromatic carboxylic acids is 1. The molecule has 8 heterocycles. The van der Waals surface area contributed by atoms with Crippen LogP contribution in [0.3, 0.4) is 0 Å². The molecule has 18 nitrogen and oxygen atoms in total. The first kappa shape index (κ1) is 37.3. The molecule has 8 rings (SSSR count). The highest BCUT2D eigenvalue weighted by molar-refractivity contribution is 5.92. The third-order valence-corrected chi connectivity index (χ3v) is 7.98. The van der Waals surface area contributed by atoms with E-state index in [0.29, 0.717) is 74.1 Å². The molecule has 1 amide bonds. The Hall–Kier alpha value is -8.02. The van der Waals surface area contributed by atoms with Gasteiger partial charge in [0.15, 0.2) is 0 Å². The van der Waals surface area contributed by atoms with Crippen molar-refractivity contribution in [2.24, 2.45) is 0 Å². The third-order valence-electron chi connectivity index (χ3n) is 7.98. The Morgan fingerprint density at radius 1 is 0.596 bits per heavy atom. The molecule has 0 aliphatic carbocycles. The molecule has 57 heavy (non-hydrogen) atoms. The second-order valence-electron chi connectivity index (χ2n) is 11.7. The van der Waals surface area contributed by atoms with E-state index in [-0.39, 0.29) is 24.8 Å². The van der Waals surface area contributed by atoms with Crippen LogP contribution in [0.5, 0.6) is 23.0 Å². The van der Waals surface area contributed by atoms with Crippen molar-refractivity contribution in [3.05, 3.63) is 121 Å². The van der Waals surface area contributed by atoms with Gasteiger partial charge in [-0.2, -0.15) is 0 Å². The van der Waals surface area contributed by atoms with E-state index in [1.54, 1.807) is 76.3 Å². The fourth-order valence-corrected chi connectivity index (χ4v) is 4.99. The number of ether oxygens (including phenoxy) is 4. The number of rotatable bonds is 12. The number of methoxy groups -OCH3 is 2. The van der Waals surface area contributed by atoms with Gasteiger partial charge in [-0.3, -0.25) is 19.7 Å². The monoisotopic (exact) mass is 769 g/mol. The average Bonchev–Trinajstić information content (AvgIpc) is 3.90. The molecule has 0 radical (unpaired) electrons. The summed E-state index contributed by atoms with van der Waals surface area (Å²) in [7, 11) is 4.72. The van der Waals surface area contributed by atoms with Gasteiger partial charge in [-0.15, -0.1) is 0 Å². The zero-order valence-electron chi connectivity index (χ0n) is 30.4. The van der Waals surface area contributed by atoms with Crippen molar-refractivity contribution in [3.63, 3.8) is 0 Å². The summed E-state index contributed by atoms with van der Waals surface area (Å²) < 4.78 is 32.9. The Morgan fingerprint density at radius 3 is 1.46 bits per heavy atom. The molecule has 0 atom stereocenters. The number of pyridine rings is 6. The van der Waals surface area contributed by atoms with Crippen molar-refractivity contribution in [2.75, 3.05) is 21.3 Å². The number of nitrogens with zero attached hydrogens (tertiary/aromatic N) is 8. The van der Waals surface area contributed by atoms with E-state index >= 15 is 0 Å². The minimum absolute atomic E-state index is 0.0548. The molecular formula is C39H31N9O9. The van der Waals surface area contributed by atoms with Gasteiger partial charge in [0.05, 0.1) is 61.5 Å². The molecular weight excluding hydrogens is 738 g/mol. The van der Waals surface area contributed by atoms with E-state index in [1.165, 1.54) is 24.7 Å². The van der Waals surface area contributed by atoms with Crippen LogP contribution in [-0.2, 0) is 13.2 Å². The quantitative estimate of drug-likeness (QED) is 0.154. The maximum absolute atomic E-state index is 11.6. The summed E-state index contributed by atoms with van der Waals surface area (Å²) in [6, 6.07) is 17.0. The topological polar surface area (TPSA) is 233 Å². The summed E-state index contributed by atoms with van der Waals surface area (Å²) in [5.41, 5.74) is 4.73. The molecule has 0 aromatic carbocycles. The van der Waals surface area contributed by atoms with Crippen LogP contribution in [0.25, 0.3) is 45.4 Å². The summed E-state index contributed by atoms with van der Waals surface area (Å²) in [6.45, 7) is 0.551. The van der Waals surface area contributed by atoms with Crippen molar-refractivity contribution < 1.29 is 42.5 Å². The van der Waals surface area contributed by atoms with Gasteiger partial charge in [-0.25, -0.2) is 29.7 Å². The summed E-state index contributed by atoms with van der Waals surface area (Å²) >= 11 is 0. The summed E-state index contributed by atoms with van der Waals surface area (Å²) in [5.74, 6) is 1.71. The van der Waals surface area contributed by atoms with Crippen LogP contribution >= 0.6 is 0 Å². The first-order valence-electron chi connectivity index (χ1n) is 16.9. The number of hydrogen-bond acceptors (Lipinski definition) is 16. The van der Waals surface area contributed by atoms with Crippen LogP contribution < -0.4 is 24.3 Å². The van der Waals surface area contributed by atoms with Gasteiger partial charge in [0.25, 0.3) is 5.91 Å². The van der Waals surface area contributed by atoms with Crippen molar-refractivity contribution in [1.29, 1.82) is 0 Å². The maximum Gasteiger partial charge on any atom is 0.354 e. The Balaban J connectivity index is 0.000000174. The molecule has 0 aliphatic rings. The molecule has 8 aromatic heterocycles. The fourth-order valence-electron chi connectivity index (χ4n) is 4.99. The molecule has 0 fully saturated rings. The maximum atomic E-state index is 11.6. The number of nitrogens with one attached hydrogen (secondary N) is 1. The van der Waals surface area contributed by atoms with Crippen molar-refractivity contribution in [3.8, 4) is 45.9 Å². The summed E-state index contributed by atoms with van der Waals surface area (Å²) in [5, 5.41) is 11.4. The molecule has 0 unspecified atom stereocenters. The Bertz CT molecular complexity index is 2630. The van der Waals surface area contributed by atoms with Crippen LogP contribution in [0.2, 0.25) is 0 Å². The number of carboxylic acid groups (broad SMARTS) is 1. The van der Waals surface area contributed by atoms with Gasteiger partial charge in [0, 0.05) is 31.6 Å². The standard InChI is InChI=1S/C20H17N5O4.C19H14N4O5/c1-21-18(26)16-6-3-12(8-23-16)19-25-17-7-15(10-24-20(17)29-19)28-11-13-4-5-14(27-2)9-22-13;1-26-13-4-3-12(20-8-13)10-27-14-6-16-18(22-9-14)28-17(23-16)11-2-5-15(19(24)25)21-7-11/h3-10H,11H2,1-2H3,(H,21,26);2-9H,10H2,1H3,(H,24,25). The van der Waals surface area contributed by atoms with Gasteiger partial charge in [0.1, 0.15) is 58.6 Å². The SMILES string of the molecule is CNC(=O)c1ccc(-c2nc3cc(OCc4ccc(OC)cn4)cnc3o2)cn1.COc1ccc(COc2cnc3oc(-c4ccc(C(=O)O)nc4)nc3c2)nc1. The molecule has 286 valence electrons. The smallest absolute Gasteiger partial charge is 0.354 e. The molecule has 0 spiro atoms. The van der Waals surface area contributed by atoms with E-state index in [4.69, 9.17) is 32.9 Å². The van der Waals surface area contributed by atoms with E-state index in [2.05, 4.69) is 45.2 Å². The Labute approximate surface area is 322 Å². The zero-order chi connectivity index (χ0) is 39.7. The lowest BCUT2D eigenvalue weighted by molar-refractivity contribution is 0.0690. The molecule has 8 aromatic rings. The number of aromatic nitrogens is 8. The highest BCUT2D eigenvalue weighted by Gasteiger charge is 2.14. The van der Waals surface area contributed by atoms with E-state index < -0.39 is 5.97 Å². The second-order valence-corrected chi connectivity index (χ2v) is 11.7. The molecule has 0 saturated heterocycles. The number of fused-ring (bicyclic) bond motifs is 2. The normalized spacial score (nSPS) is 10.7. The molecule has 18 heteroatoms. The van der Waals surface area contributed by atoms with E-state index in [9.17, 15) is 9.59 Å². The fraction of sp³-hybridized carbons (Fsp3) is 0.128. The van der Waals surface area contributed by atoms with Crippen molar-refractivity contribution >= 4 is 34.3 Å². The Kier molecular flexibility index (Phi) is 11.1. The van der Waals surface area contributed by atoms with Crippen LogP contribution in [-0.4, -0.2) is 78.1 Å². The van der Waals surface area contributed by atoms with Gasteiger partial charge in [-0.05, 0) is 48.5 Å². The minimum Gasteiger partial charge on any atom is -0.495 e. The van der Waals surface area contributed by atoms with Gasteiger partial charge < -0.3 is 38.2 Å². The minimum atomic E-state index is -1.10. The molecule has 0 bridgehead atoms. The number of carboxylic acids is 1. The predicted octanol–water partition coefficient (Wildman–Crippen LogP) is 5.59. The van der Waals surface area contributed by atoms with E-state index in [1.807, 2.05) is 18.2 Å². The summed E-state index contributed by atoms with van der Waals surface area (Å²) in [4.78, 5) is 56.2. The highest BCUT2D eigenvalue weighted by atomic mass is 16.5. The largest absolute Gasteiger partial charge is 0.495 e. The van der Waals surface area contributed by atoms with Crippen LogP contribution in [0.4, 0.5) is 0 Å². The van der Waals surface area contributed by atoms with Gasteiger partial charge in [-0.1, -0.05) is 0 Å². The Morgan fingerprint density at radius 2 is 1.07 bits per heavy atom. The first-order valence-corrected chi connectivity index (χ1v) is 16.9. The molecule has 0 saturated carbocycles. The molecule has 2 N–H and O–H groups in total.